The number of hydrogen-bond acceptors (Lipinski definition) is 4. The first-order valence-corrected chi connectivity index (χ1v) is 6.84. The molecule has 0 saturated carbocycles. The molecule has 0 spiro atoms. The second-order valence-electron chi connectivity index (χ2n) is 4.85. The van der Waals surface area contributed by atoms with Gasteiger partial charge in [-0.3, -0.25) is 9.59 Å². The third-order valence-electron chi connectivity index (χ3n) is 3.24. The molecule has 2 rings (SSSR count). The van der Waals surface area contributed by atoms with E-state index in [4.69, 9.17) is 26.2 Å². The maximum Gasteiger partial charge on any atom is 0.311 e. The van der Waals surface area contributed by atoms with Crippen LogP contribution in [0.15, 0.2) is 18.2 Å². The van der Waals surface area contributed by atoms with Crippen molar-refractivity contribution in [3.8, 4) is 5.75 Å². The summed E-state index contributed by atoms with van der Waals surface area (Å²) in [6.45, 7) is 1.94. The summed E-state index contributed by atoms with van der Waals surface area (Å²) < 4.78 is 10.5. The van der Waals surface area contributed by atoms with Gasteiger partial charge in [-0.1, -0.05) is 11.6 Å². The van der Waals surface area contributed by atoms with Crippen LogP contribution < -0.4 is 10.1 Å². The predicted molar refractivity (Wildman–Crippen MR) is 75.6 cm³/mol. The summed E-state index contributed by atoms with van der Waals surface area (Å²) >= 11 is 5.83. The van der Waals surface area contributed by atoms with Crippen molar-refractivity contribution in [3.63, 3.8) is 0 Å². The van der Waals surface area contributed by atoms with Crippen molar-refractivity contribution < 1.29 is 24.2 Å². The van der Waals surface area contributed by atoms with Crippen molar-refractivity contribution >= 4 is 23.5 Å². The number of aliphatic carboxylic acids is 1. The first-order valence-electron chi connectivity index (χ1n) is 6.46. The van der Waals surface area contributed by atoms with E-state index in [0.717, 1.165) is 5.56 Å². The van der Waals surface area contributed by atoms with Crippen LogP contribution >= 0.6 is 11.6 Å². The molecular weight excluding hydrogens is 298 g/mol. The van der Waals surface area contributed by atoms with Crippen LogP contribution in [0.25, 0.3) is 0 Å². The zero-order chi connectivity index (χ0) is 15.4. The molecular formula is C14H16ClNO5. The number of rotatable bonds is 5. The van der Waals surface area contributed by atoms with E-state index in [2.05, 4.69) is 5.32 Å². The Labute approximate surface area is 127 Å². The Balaban J connectivity index is 1.86. The molecule has 1 amide bonds. The van der Waals surface area contributed by atoms with Gasteiger partial charge in [-0.2, -0.15) is 0 Å². The van der Waals surface area contributed by atoms with Crippen molar-refractivity contribution in [2.24, 2.45) is 5.92 Å². The molecule has 1 heterocycles. The maximum atomic E-state index is 11.8. The van der Waals surface area contributed by atoms with Crippen LogP contribution in [0, 0.1) is 12.8 Å². The summed E-state index contributed by atoms with van der Waals surface area (Å²) in [5.74, 6) is -1.52. The molecule has 0 aromatic heterocycles. The number of halogens is 1. The molecule has 0 bridgehead atoms. The van der Waals surface area contributed by atoms with Gasteiger partial charge in [0.25, 0.3) is 5.91 Å². The minimum atomic E-state index is -0.979. The standard InChI is InChI=1S/C14H16ClNO5/c1-8-4-9(15)2-3-12(8)21-7-13(17)16-11-6-20-5-10(11)14(18)19/h2-4,10-11H,5-7H2,1H3,(H,16,17)(H,18,19). The lowest BCUT2D eigenvalue weighted by Crippen LogP contribution is -2.44. The molecule has 21 heavy (non-hydrogen) atoms. The highest BCUT2D eigenvalue weighted by atomic mass is 35.5. The molecule has 0 aliphatic carbocycles. The summed E-state index contributed by atoms with van der Waals surface area (Å²) in [5, 5.41) is 12.2. The first-order chi connectivity index (χ1) is 9.97. The smallest absolute Gasteiger partial charge is 0.311 e. The number of amides is 1. The van der Waals surface area contributed by atoms with Crippen molar-refractivity contribution in [3.05, 3.63) is 28.8 Å². The van der Waals surface area contributed by atoms with E-state index in [1.807, 2.05) is 6.92 Å². The van der Waals surface area contributed by atoms with Crippen molar-refractivity contribution in [2.75, 3.05) is 19.8 Å². The second kappa shape index (κ2) is 6.78. The zero-order valence-electron chi connectivity index (χ0n) is 11.5. The van der Waals surface area contributed by atoms with Crippen LogP contribution in [0.1, 0.15) is 5.56 Å². The third kappa shape index (κ3) is 4.09. The fourth-order valence-corrected chi connectivity index (χ4v) is 2.33. The Morgan fingerprint density at radius 2 is 2.24 bits per heavy atom. The quantitative estimate of drug-likeness (QED) is 0.854. The summed E-state index contributed by atoms with van der Waals surface area (Å²) in [7, 11) is 0. The normalized spacial score (nSPS) is 21.0. The van der Waals surface area contributed by atoms with Gasteiger partial charge in [0.05, 0.1) is 19.3 Å². The molecule has 7 heteroatoms. The van der Waals surface area contributed by atoms with Crippen LogP contribution in [0.3, 0.4) is 0 Å². The van der Waals surface area contributed by atoms with Gasteiger partial charge in [0.1, 0.15) is 11.7 Å². The lowest BCUT2D eigenvalue weighted by Gasteiger charge is -2.16. The van der Waals surface area contributed by atoms with Crippen LogP contribution in [-0.2, 0) is 14.3 Å². The number of aryl methyl sites for hydroxylation is 1. The third-order valence-corrected chi connectivity index (χ3v) is 3.47. The number of nitrogens with one attached hydrogen (secondary N) is 1. The van der Waals surface area contributed by atoms with E-state index < -0.39 is 17.9 Å². The van der Waals surface area contributed by atoms with Crippen molar-refractivity contribution in [1.82, 2.24) is 5.32 Å². The number of carbonyl (C=O) groups is 2. The average Bonchev–Trinajstić information content (AvgIpc) is 2.86. The number of carbonyl (C=O) groups excluding carboxylic acids is 1. The summed E-state index contributed by atoms with van der Waals surface area (Å²) in [5.41, 5.74) is 0.822. The lowest BCUT2D eigenvalue weighted by molar-refractivity contribution is -0.142. The molecule has 0 radical (unpaired) electrons. The number of hydrogen-bond donors (Lipinski definition) is 2. The molecule has 1 aromatic rings. The minimum absolute atomic E-state index is 0.109. The minimum Gasteiger partial charge on any atom is -0.484 e. The van der Waals surface area contributed by atoms with Crippen molar-refractivity contribution in [2.45, 2.75) is 13.0 Å². The Hall–Kier alpha value is -1.79. The molecule has 2 N–H and O–H groups in total. The maximum absolute atomic E-state index is 11.8. The molecule has 2 atom stereocenters. The first kappa shape index (κ1) is 15.6. The van der Waals surface area contributed by atoms with E-state index in [-0.39, 0.29) is 25.7 Å². The zero-order valence-corrected chi connectivity index (χ0v) is 12.2. The molecule has 1 saturated heterocycles. The number of carboxylic acids is 1. The summed E-state index contributed by atoms with van der Waals surface area (Å²) in [4.78, 5) is 22.8. The highest BCUT2D eigenvalue weighted by Gasteiger charge is 2.35. The van der Waals surface area contributed by atoms with Gasteiger partial charge in [0, 0.05) is 5.02 Å². The molecule has 1 aliphatic rings. The van der Waals surface area contributed by atoms with Crippen LogP contribution in [0.2, 0.25) is 5.02 Å². The second-order valence-corrected chi connectivity index (χ2v) is 5.29. The monoisotopic (exact) mass is 313 g/mol. The van der Waals surface area contributed by atoms with Crippen LogP contribution in [-0.4, -0.2) is 42.8 Å². The fourth-order valence-electron chi connectivity index (χ4n) is 2.11. The molecule has 6 nitrogen and oxygen atoms in total. The number of carboxylic acid groups (broad SMARTS) is 1. The average molecular weight is 314 g/mol. The van der Waals surface area contributed by atoms with Gasteiger partial charge in [-0.25, -0.2) is 0 Å². The largest absolute Gasteiger partial charge is 0.484 e. The molecule has 1 aromatic carbocycles. The van der Waals surface area contributed by atoms with E-state index in [1.54, 1.807) is 18.2 Å². The number of ether oxygens (including phenoxy) is 2. The Morgan fingerprint density at radius 1 is 1.48 bits per heavy atom. The molecule has 114 valence electrons. The van der Waals surface area contributed by atoms with Crippen molar-refractivity contribution in [1.29, 1.82) is 0 Å². The van der Waals surface area contributed by atoms with E-state index >= 15 is 0 Å². The molecule has 1 aliphatic heterocycles. The van der Waals surface area contributed by atoms with E-state index in [1.165, 1.54) is 0 Å². The van der Waals surface area contributed by atoms with Gasteiger partial charge in [-0.05, 0) is 30.7 Å². The van der Waals surface area contributed by atoms with Gasteiger partial charge in [-0.15, -0.1) is 0 Å². The summed E-state index contributed by atoms with van der Waals surface area (Å²) in [6, 6.07) is 4.57. The SMILES string of the molecule is Cc1cc(Cl)ccc1OCC(=O)NC1COCC1C(=O)O. The number of benzene rings is 1. The van der Waals surface area contributed by atoms with Crippen LogP contribution in [0.4, 0.5) is 0 Å². The summed E-state index contributed by atoms with van der Waals surface area (Å²) in [6.07, 6.45) is 0. The lowest BCUT2D eigenvalue weighted by atomic mass is 10.0. The Kier molecular flexibility index (Phi) is 5.03. The Bertz CT molecular complexity index is 548. The van der Waals surface area contributed by atoms with E-state index in [9.17, 15) is 9.59 Å². The Morgan fingerprint density at radius 3 is 2.90 bits per heavy atom. The highest BCUT2D eigenvalue weighted by molar-refractivity contribution is 6.30. The molecule has 1 fully saturated rings. The van der Waals surface area contributed by atoms with E-state index in [0.29, 0.717) is 10.8 Å². The van der Waals surface area contributed by atoms with Gasteiger partial charge >= 0.3 is 5.97 Å². The predicted octanol–water partition coefficient (Wildman–Crippen LogP) is 1.24. The topological polar surface area (TPSA) is 84.9 Å². The van der Waals surface area contributed by atoms with Gasteiger partial charge in [0.2, 0.25) is 0 Å². The van der Waals surface area contributed by atoms with Gasteiger partial charge in [0.15, 0.2) is 6.61 Å². The molecule has 2 unspecified atom stereocenters. The highest BCUT2D eigenvalue weighted by Crippen LogP contribution is 2.21. The van der Waals surface area contributed by atoms with Gasteiger partial charge < -0.3 is 19.9 Å². The van der Waals surface area contributed by atoms with Crippen LogP contribution in [0.5, 0.6) is 5.75 Å². The fraction of sp³-hybridized carbons (Fsp3) is 0.429.